The van der Waals surface area contributed by atoms with Gasteiger partial charge in [0.1, 0.15) is 12.1 Å². The number of ether oxygens (including phenoxy) is 1. The third-order valence-corrected chi connectivity index (χ3v) is 1.19. The number of carboxylic acids is 1. The molecule has 0 fully saturated rings. The van der Waals surface area contributed by atoms with Gasteiger partial charge in [0.2, 0.25) is 0 Å². The Morgan fingerprint density at radius 2 is 1.92 bits per heavy atom. The molecule has 1 N–H and O–H groups in total. The van der Waals surface area contributed by atoms with Gasteiger partial charge in [0.25, 0.3) is 0 Å². The summed E-state index contributed by atoms with van der Waals surface area (Å²) in [5, 5.41) is 8.33. The third kappa shape index (κ3) is 6.27. The smallest absolute Gasteiger partial charge is 0.420 e. The maximum atomic E-state index is 11.1. The summed E-state index contributed by atoms with van der Waals surface area (Å²) in [4.78, 5) is 21.2. The predicted molar refractivity (Wildman–Crippen MR) is 49.6 cm³/mol. The fourth-order valence-corrected chi connectivity index (χ4v) is 0.669. The Labute approximate surface area is 82.2 Å². The molecule has 0 radical (unpaired) electrons. The maximum Gasteiger partial charge on any atom is 0.420 e. The number of carbonyl (C=O) groups is 2. The van der Waals surface area contributed by atoms with Crippen molar-refractivity contribution in [3.05, 3.63) is 0 Å². The van der Waals surface area contributed by atoms with Crippen LogP contribution in [0.3, 0.4) is 0 Å². The van der Waals surface area contributed by atoms with Gasteiger partial charge in [-0.05, 0) is 20.8 Å². The molecular weight excluding hydrogens is 194 g/mol. The molecule has 0 unspecified atom stereocenters. The first kappa shape index (κ1) is 12.1. The van der Waals surface area contributed by atoms with Gasteiger partial charge in [-0.3, -0.25) is 4.79 Å². The minimum Gasteiger partial charge on any atom is -0.480 e. The molecule has 0 saturated heterocycles. The van der Waals surface area contributed by atoms with E-state index in [0.29, 0.717) is 4.31 Å². The largest absolute Gasteiger partial charge is 0.480 e. The van der Waals surface area contributed by atoms with Gasteiger partial charge < -0.3 is 9.84 Å². The zero-order chi connectivity index (χ0) is 10.6. The fraction of sp³-hybridized carbons (Fsp3) is 0.714. The molecule has 0 atom stereocenters. The lowest BCUT2D eigenvalue weighted by molar-refractivity contribution is -0.137. The Kier molecular flexibility index (Phi) is 4.06. The second kappa shape index (κ2) is 4.36. The van der Waals surface area contributed by atoms with Crippen LogP contribution < -0.4 is 0 Å². The van der Waals surface area contributed by atoms with Gasteiger partial charge in [0.15, 0.2) is 0 Å². The predicted octanol–water partition coefficient (Wildman–Crippen LogP) is 1.15. The summed E-state index contributed by atoms with van der Waals surface area (Å²) in [6.07, 6.45) is -0.766. The van der Waals surface area contributed by atoms with Crippen LogP contribution in [-0.2, 0) is 9.53 Å². The summed E-state index contributed by atoms with van der Waals surface area (Å²) in [7, 11) is 0. The van der Waals surface area contributed by atoms with Gasteiger partial charge in [0, 0.05) is 0 Å². The lowest BCUT2D eigenvalue weighted by Gasteiger charge is -2.22. The lowest BCUT2D eigenvalue weighted by Crippen LogP contribution is -2.34. The molecule has 0 heterocycles. The van der Waals surface area contributed by atoms with Crippen molar-refractivity contribution in [2.45, 2.75) is 26.4 Å². The van der Waals surface area contributed by atoms with Crippen molar-refractivity contribution in [1.29, 1.82) is 0 Å². The van der Waals surface area contributed by atoms with Crippen LogP contribution in [0.5, 0.6) is 0 Å². The van der Waals surface area contributed by atoms with Crippen molar-refractivity contribution in [1.82, 2.24) is 4.31 Å². The van der Waals surface area contributed by atoms with E-state index in [4.69, 9.17) is 9.84 Å². The van der Waals surface area contributed by atoms with E-state index in [1.807, 2.05) is 0 Å². The molecule has 76 valence electrons. The molecule has 1 amide bonds. The number of rotatable bonds is 2. The van der Waals surface area contributed by atoms with Crippen LogP contribution in [0.15, 0.2) is 0 Å². The van der Waals surface area contributed by atoms with E-state index in [2.05, 4.69) is 12.8 Å². The number of amides is 1. The van der Waals surface area contributed by atoms with E-state index < -0.39 is 24.2 Å². The van der Waals surface area contributed by atoms with Gasteiger partial charge in [-0.2, -0.15) is 0 Å². The van der Waals surface area contributed by atoms with E-state index in [-0.39, 0.29) is 0 Å². The Hall–Kier alpha value is -0.910. The van der Waals surface area contributed by atoms with Gasteiger partial charge in [-0.1, -0.05) is 12.8 Å². The summed E-state index contributed by atoms with van der Waals surface area (Å²) in [6, 6.07) is 0. The Morgan fingerprint density at radius 3 is 2.23 bits per heavy atom. The molecule has 0 aromatic heterocycles. The number of carbonyl (C=O) groups excluding carboxylic acids is 1. The lowest BCUT2D eigenvalue weighted by atomic mass is 10.2. The van der Waals surface area contributed by atoms with E-state index in [1.54, 1.807) is 20.8 Å². The van der Waals surface area contributed by atoms with Gasteiger partial charge in [-0.15, -0.1) is 0 Å². The van der Waals surface area contributed by atoms with Gasteiger partial charge in [-0.25, -0.2) is 9.10 Å². The molecule has 0 aliphatic carbocycles. The summed E-state index contributed by atoms with van der Waals surface area (Å²) in [6.45, 7) is 4.58. The second-order valence-corrected chi connectivity index (χ2v) is 3.91. The number of hydrogen-bond donors (Lipinski definition) is 2. The Bertz CT molecular complexity index is 211. The zero-order valence-corrected chi connectivity index (χ0v) is 8.67. The van der Waals surface area contributed by atoms with Gasteiger partial charge in [0.05, 0.1) is 0 Å². The molecule has 0 spiro atoms. The topological polar surface area (TPSA) is 66.8 Å². The maximum absolute atomic E-state index is 11.1. The second-order valence-electron chi connectivity index (χ2n) is 3.43. The minimum atomic E-state index is -1.14. The quantitative estimate of drug-likeness (QED) is 0.667. The van der Waals surface area contributed by atoms with Gasteiger partial charge >= 0.3 is 12.1 Å². The number of thiol groups is 1. The van der Waals surface area contributed by atoms with Crippen molar-refractivity contribution >= 4 is 24.9 Å². The SMILES string of the molecule is CC(C)(C)OC(=O)N(S)CC(=O)O. The first-order valence-electron chi connectivity index (χ1n) is 3.63. The van der Waals surface area contributed by atoms with Crippen LogP contribution in [-0.4, -0.2) is 33.6 Å². The first-order valence-corrected chi connectivity index (χ1v) is 4.03. The van der Waals surface area contributed by atoms with Crippen LogP contribution in [0.25, 0.3) is 0 Å². The normalized spacial score (nSPS) is 10.8. The minimum absolute atomic E-state index is 0.488. The van der Waals surface area contributed by atoms with E-state index >= 15 is 0 Å². The van der Waals surface area contributed by atoms with E-state index in [1.165, 1.54) is 0 Å². The highest BCUT2D eigenvalue weighted by Crippen LogP contribution is 2.10. The summed E-state index contributed by atoms with van der Waals surface area (Å²) >= 11 is 3.65. The van der Waals surface area contributed by atoms with Crippen LogP contribution in [0.2, 0.25) is 0 Å². The molecule has 0 aliphatic heterocycles. The van der Waals surface area contributed by atoms with Crippen LogP contribution in [0.1, 0.15) is 20.8 Å². The highest BCUT2D eigenvalue weighted by Gasteiger charge is 2.21. The van der Waals surface area contributed by atoms with Crippen LogP contribution >= 0.6 is 12.8 Å². The fourth-order valence-electron chi connectivity index (χ4n) is 0.507. The third-order valence-electron chi connectivity index (χ3n) is 0.889. The number of carboxylic acid groups (broad SMARTS) is 1. The number of nitrogens with zero attached hydrogens (tertiary/aromatic N) is 1. The summed E-state index contributed by atoms with van der Waals surface area (Å²) in [5.74, 6) is -1.14. The molecule has 0 aromatic carbocycles. The average Bonchev–Trinajstić information content (AvgIpc) is 1.81. The molecule has 13 heavy (non-hydrogen) atoms. The summed E-state index contributed by atoms with van der Waals surface area (Å²) < 4.78 is 5.55. The van der Waals surface area contributed by atoms with Crippen molar-refractivity contribution in [2.75, 3.05) is 6.54 Å². The molecule has 6 heteroatoms. The standard InChI is InChI=1S/C7H13NO4S/c1-7(2,3)12-6(11)8(13)4-5(9)10/h13H,4H2,1-3H3,(H,9,10). The Balaban J connectivity index is 4.05. The van der Waals surface area contributed by atoms with Crippen molar-refractivity contribution < 1.29 is 19.4 Å². The number of aliphatic carboxylic acids is 1. The zero-order valence-electron chi connectivity index (χ0n) is 7.77. The van der Waals surface area contributed by atoms with Crippen molar-refractivity contribution in [2.24, 2.45) is 0 Å². The van der Waals surface area contributed by atoms with Crippen LogP contribution in [0, 0.1) is 0 Å². The van der Waals surface area contributed by atoms with Crippen molar-refractivity contribution in [3.63, 3.8) is 0 Å². The molecular formula is C7H13NO4S. The molecule has 0 rings (SSSR count). The molecule has 0 saturated carbocycles. The monoisotopic (exact) mass is 207 g/mol. The first-order chi connectivity index (χ1) is 5.72. The molecule has 0 aromatic rings. The summed E-state index contributed by atoms with van der Waals surface area (Å²) in [5.41, 5.74) is -0.642. The molecule has 5 nitrogen and oxygen atoms in total. The Morgan fingerprint density at radius 1 is 1.46 bits per heavy atom. The van der Waals surface area contributed by atoms with Crippen LogP contribution in [0.4, 0.5) is 4.79 Å². The average molecular weight is 207 g/mol. The molecule has 0 bridgehead atoms. The number of hydrogen-bond acceptors (Lipinski definition) is 4. The van der Waals surface area contributed by atoms with E-state index in [9.17, 15) is 9.59 Å². The van der Waals surface area contributed by atoms with Crippen molar-refractivity contribution in [3.8, 4) is 0 Å². The van der Waals surface area contributed by atoms with E-state index in [0.717, 1.165) is 0 Å². The molecule has 0 aliphatic rings. The highest BCUT2D eigenvalue weighted by atomic mass is 32.1. The highest BCUT2D eigenvalue weighted by molar-refractivity contribution is 7.78.